The average molecular weight is 375 g/mol. The third kappa shape index (κ3) is 4.35. The minimum atomic E-state index is -0.408. The molecule has 1 N–H and O–H groups in total. The van der Waals surface area contributed by atoms with Gasteiger partial charge in [0.05, 0.1) is 35.3 Å². The molecule has 28 heavy (non-hydrogen) atoms. The summed E-state index contributed by atoms with van der Waals surface area (Å²) in [7, 11) is 1.72. The molecule has 6 heteroatoms. The topological polar surface area (TPSA) is 71.5 Å². The number of rotatable bonds is 6. The van der Waals surface area contributed by atoms with Crippen LogP contribution in [0.5, 0.6) is 0 Å². The summed E-state index contributed by atoms with van der Waals surface area (Å²) in [5.41, 5.74) is 2.83. The van der Waals surface area contributed by atoms with Crippen molar-refractivity contribution in [2.45, 2.75) is 6.92 Å². The van der Waals surface area contributed by atoms with Gasteiger partial charge in [-0.3, -0.25) is 9.78 Å². The molecule has 1 amide bonds. The van der Waals surface area contributed by atoms with E-state index in [4.69, 9.17) is 4.74 Å². The summed E-state index contributed by atoms with van der Waals surface area (Å²) in [6, 6.07) is 18.1. The second-order valence-corrected chi connectivity index (χ2v) is 6.05. The first kappa shape index (κ1) is 19.1. The fourth-order valence-corrected chi connectivity index (χ4v) is 2.72. The van der Waals surface area contributed by atoms with Crippen molar-refractivity contribution >= 4 is 28.9 Å². The molecular weight excluding hydrogens is 354 g/mol. The smallest absolute Gasteiger partial charge is 0.340 e. The fourth-order valence-electron chi connectivity index (χ4n) is 2.72. The van der Waals surface area contributed by atoms with Crippen LogP contribution in [0.1, 0.15) is 27.6 Å². The van der Waals surface area contributed by atoms with Gasteiger partial charge in [-0.25, -0.2) is 4.79 Å². The highest BCUT2D eigenvalue weighted by atomic mass is 16.5. The van der Waals surface area contributed by atoms with Crippen molar-refractivity contribution in [2.75, 3.05) is 23.9 Å². The normalized spacial score (nSPS) is 10.2. The summed E-state index contributed by atoms with van der Waals surface area (Å²) in [4.78, 5) is 30.7. The molecule has 0 aliphatic heterocycles. The molecule has 0 fully saturated rings. The molecule has 0 radical (unpaired) electrons. The van der Waals surface area contributed by atoms with Crippen LogP contribution in [0.15, 0.2) is 73.1 Å². The molecule has 0 saturated heterocycles. The van der Waals surface area contributed by atoms with Crippen molar-refractivity contribution in [1.82, 2.24) is 4.98 Å². The first-order valence-electron chi connectivity index (χ1n) is 8.91. The van der Waals surface area contributed by atoms with Gasteiger partial charge in [0, 0.05) is 18.9 Å². The number of ether oxygens (including phenoxy) is 1. The summed E-state index contributed by atoms with van der Waals surface area (Å²) in [6.07, 6.45) is 3.12. The van der Waals surface area contributed by atoms with E-state index in [1.807, 2.05) is 36.4 Å². The van der Waals surface area contributed by atoms with Gasteiger partial charge in [-0.05, 0) is 37.3 Å². The maximum absolute atomic E-state index is 12.8. The number of amides is 1. The van der Waals surface area contributed by atoms with E-state index in [1.54, 1.807) is 49.3 Å². The highest BCUT2D eigenvalue weighted by Gasteiger charge is 2.16. The number of aromatic nitrogens is 1. The first-order chi connectivity index (χ1) is 13.6. The van der Waals surface area contributed by atoms with E-state index < -0.39 is 5.97 Å². The van der Waals surface area contributed by atoms with E-state index in [1.165, 1.54) is 6.20 Å². The van der Waals surface area contributed by atoms with Crippen LogP contribution in [0.25, 0.3) is 0 Å². The number of pyridine rings is 1. The number of benzene rings is 2. The highest BCUT2D eigenvalue weighted by molar-refractivity contribution is 6.06. The minimum absolute atomic E-state index is 0.180. The second-order valence-electron chi connectivity index (χ2n) is 6.05. The van der Waals surface area contributed by atoms with Gasteiger partial charge in [0.1, 0.15) is 0 Å². The zero-order chi connectivity index (χ0) is 19.9. The van der Waals surface area contributed by atoms with E-state index in [-0.39, 0.29) is 5.91 Å². The first-order valence-corrected chi connectivity index (χ1v) is 8.91. The molecule has 0 aliphatic rings. The number of para-hydroxylation sites is 2. The van der Waals surface area contributed by atoms with Crippen LogP contribution in [0.2, 0.25) is 0 Å². The third-order valence-electron chi connectivity index (χ3n) is 4.13. The SMILES string of the molecule is CCOC(=O)c1ccccc1Nc1cncc(C(=O)N(C)c2ccccc2)c1. The lowest BCUT2D eigenvalue weighted by atomic mass is 10.1. The van der Waals surface area contributed by atoms with Crippen molar-refractivity contribution < 1.29 is 14.3 Å². The Morgan fingerprint density at radius 3 is 2.50 bits per heavy atom. The number of esters is 1. The Balaban J connectivity index is 1.83. The van der Waals surface area contributed by atoms with Gasteiger partial charge in [0.15, 0.2) is 0 Å². The summed E-state index contributed by atoms with van der Waals surface area (Å²) >= 11 is 0. The van der Waals surface area contributed by atoms with Crippen LogP contribution >= 0.6 is 0 Å². The van der Waals surface area contributed by atoms with Crippen LogP contribution in [-0.4, -0.2) is 30.5 Å². The lowest BCUT2D eigenvalue weighted by Crippen LogP contribution is -2.26. The Hall–Kier alpha value is -3.67. The number of nitrogens with one attached hydrogen (secondary N) is 1. The van der Waals surface area contributed by atoms with Crippen molar-refractivity contribution in [2.24, 2.45) is 0 Å². The number of carbonyl (C=O) groups excluding carboxylic acids is 2. The monoisotopic (exact) mass is 375 g/mol. The molecule has 0 bridgehead atoms. The lowest BCUT2D eigenvalue weighted by Gasteiger charge is -2.18. The summed E-state index contributed by atoms with van der Waals surface area (Å²) < 4.78 is 5.09. The predicted octanol–water partition coefficient (Wildman–Crippen LogP) is 4.28. The molecule has 1 heterocycles. The summed E-state index contributed by atoms with van der Waals surface area (Å²) in [5, 5.41) is 3.15. The lowest BCUT2D eigenvalue weighted by molar-refractivity contribution is 0.0527. The molecule has 0 aliphatic carbocycles. The molecule has 0 saturated carbocycles. The van der Waals surface area contributed by atoms with Crippen molar-refractivity contribution in [3.63, 3.8) is 0 Å². The van der Waals surface area contributed by atoms with E-state index in [2.05, 4.69) is 10.3 Å². The molecule has 6 nitrogen and oxygen atoms in total. The van der Waals surface area contributed by atoms with Crippen LogP contribution in [0.4, 0.5) is 17.1 Å². The van der Waals surface area contributed by atoms with Crippen molar-refractivity contribution in [1.29, 1.82) is 0 Å². The molecule has 3 rings (SSSR count). The van der Waals surface area contributed by atoms with E-state index in [0.717, 1.165) is 5.69 Å². The van der Waals surface area contributed by atoms with Crippen LogP contribution in [0, 0.1) is 0 Å². The molecule has 2 aromatic carbocycles. The summed E-state index contributed by atoms with van der Waals surface area (Å²) in [5.74, 6) is -0.587. The Labute approximate surface area is 163 Å². The molecule has 0 atom stereocenters. The Morgan fingerprint density at radius 2 is 1.75 bits per heavy atom. The van der Waals surface area contributed by atoms with Gasteiger partial charge in [-0.2, -0.15) is 0 Å². The number of carbonyl (C=O) groups is 2. The molecule has 0 spiro atoms. The van der Waals surface area contributed by atoms with E-state index in [9.17, 15) is 9.59 Å². The van der Waals surface area contributed by atoms with Gasteiger partial charge in [0.2, 0.25) is 0 Å². The third-order valence-corrected chi connectivity index (χ3v) is 4.13. The van der Waals surface area contributed by atoms with Gasteiger partial charge < -0.3 is 15.0 Å². The molecule has 1 aromatic heterocycles. The van der Waals surface area contributed by atoms with Crippen molar-refractivity contribution in [3.05, 3.63) is 84.2 Å². The summed E-state index contributed by atoms with van der Waals surface area (Å²) in [6.45, 7) is 2.06. The van der Waals surface area contributed by atoms with Crippen LogP contribution < -0.4 is 10.2 Å². The predicted molar refractivity (Wildman–Crippen MR) is 109 cm³/mol. The second kappa shape index (κ2) is 8.81. The largest absolute Gasteiger partial charge is 0.462 e. The standard InChI is InChI=1S/C22H21N3O3/c1-3-28-22(27)19-11-7-8-12-20(19)24-17-13-16(14-23-15-17)21(26)25(2)18-9-5-4-6-10-18/h4-15,24H,3H2,1-2H3. The number of hydrogen-bond acceptors (Lipinski definition) is 5. The zero-order valence-electron chi connectivity index (χ0n) is 15.8. The van der Waals surface area contributed by atoms with Crippen LogP contribution in [-0.2, 0) is 4.74 Å². The average Bonchev–Trinajstić information content (AvgIpc) is 2.74. The van der Waals surface area contributed by atoms with Gasteiger partial charge in [-0.1, -0.05) is 30.3 Å². The molecule has 3 aromatic rings. The Bertz CT molecular complexity index is 974. The zero-order valence-corrected chi connectivity index (χ0v) is 15.8. The number of anilines is 3. The maximum atomic E-state index is 12.8. The molecule has 142 valence electrons. The Morgan fingerprint density at radius 1 is 1.04 bits per heavy atom. The number of hydrogen-bond donors (Lipinski definition) is 1. The molecular formula is C22H21N3O3. The van der Waals surface area contributed by atoms with E-state index in [0.29, 0.717) is 29.1 Å². The van der Waals surface area contributed by atoms with Crippen molar-refractivity contribution in [3.8, 4) is 0 Å². The van der Waals surface area contributed by atoms with Crippen LogP contribution in [0.3, 0.4) is 0 Å². The maximum Gasteiger partial charge on any atom is 0.340 e. The Kier molecular flexibility index (Phi) is 6.01. The van der Waals surface area contributed by atoms with E-state index >= 15 is 0 Å². The number of nitrogens with zero attached hydrogens (tertiary/aromatic N) is 2. The quantitative estimate of drug-likeness (QED) is 0.651. The fraction of sp³-hybridized carbons (Fsp3) is 0.136. The van der Waals surface area contributed by atoms with Gasteiger partial charge in [-0.15, -0.1) is 0 Å². The highest BCUT2D eigenvalue weighted by Crippen LogP contribution is 2.23. The van der Waals surface area contributed by atoms with Gasteiger partial charge >= 0.3 is 5.97 Å². The minimum Gasteiger partial charge on any atom is -0.462 e. The molecule has 0 unspecified atom stereocenters. The van der Waals surface area contributed by atoms with Gasteiger partial charge in [0.25, 0.3) is 5.91 Å².